The van der Waals surface area contributed by atoms with Gasteiger partial charge in [-0.15, -0.1) is 0 Å². The number of Topliss-reactive ketones (excluding diaryl/α,β-unsaturated/α-hetero) is 1. The zero-order valence-corrected chi connectivity index (χ0v) is 20.2. The van der Waals surface area contributed by atoms with Gasteiger partial charge in [0.05, 0.1) is 10.9 Å². The second kappa shape index (κ2) is 9.11. The molecule has 0 spiro atoms. The lowest BCUT2D eigenvalue weighted by atomic mass is 9.70. The van der Waals surface area contributed by atoms with E-state index in [1.54, 1.807) is 23.8 Å². The molecule has 35 heavy (non-hydrogen) atoms. The smallest absolute Gasteiger partial charge is 0.274 e. The van der Waals surface area contributed by atoms with Gasteiger partial charge in [0.2, 0.25) is 5.91 Å². The van der Waals surface area contributed by atoms with Crippen LogP contribution in [0.15, 0.2) is 77.7 Å². The molecule has 1 unspecified atom stereocenters. The number of amides is 1. The van der Waals surface area contributed by atoms with E-state index in [0.717, 1.165) is 11.1 Å². The minimum atomic E-state index is -0.719. The Labute approximate surface area is 207 Å². The summed E-state index contributed by atoms with van der Waals surface area (Å²) < 4.78 is 1.99. The summed E-state index contributed by atoms with van der Waals surface area (Å²) in [5, 5.41) is 5.74. The maximum Gasteiger partial charge on any atom is 0.274 e. The number of piperidine rings is 1. The van der Waals surface area contributed by atoms with E-state index in [4.69, 9.17) is 12.2 Å². The number of carbonyl (C=O) groups is 2. The zero-order chi connectivity index (χ0) is 24.6. The molecule has 1 fully saturated rings. The third kappa shape index (κ3) is 3.93. The van der Waals surface area contributed by atoms with Gasteiger partial charge in [0.25, 0.3) is 5.56 Å². The van der Waals surface area contributed by atoms with Crippen LogP contribution in [0, 0.1) is 4.64 Å². The molecule has 7 nitrogen and oxygen atoms in total. The first-order valence-corrected chi connectivity index (χ1v) is 12.0. The first-order valence-electron chi connectivity index (χ1n) is 11.6. The molecule has 5 rings (SSSR count). The summed E-state index contributed by atoms with van der Waals surface area (Å²) in [6, 6.07) is 20.3. The molecule has 2 N–H and O–H groups in total. The summed E-state index contributed by atoms with van der Waals surface area (Å²) in [4.78, 5) is 41.0. The van der Waals surface area contributed by atoms with E-state index < -0.39 is 11.5 Å². The molecule has 178 valence electrons. The van der Waals surface area contributed by atoms with Crippen molar-refractivity contribution >= 4 is 34.8 Å². The second-order valence-electron chi connectivity index (χ2n) is 9.04. The number of benzene rings is 2. The van der Waals surface area contributed by atoms with Crippen LogP contribution in [0.3, 0.4) is 0 Å². The van der Waals surface area contributed by atoms with Crippen LogP contribution in [-0.4, -0.2) is 44.4 Å². The molecule has 1 saturated heterocycles. The van der Waals surface area contributed by atoms with E-state index >= 15 is 0 Å². The summed E-state index contributed by atoms with van der Waals surface area (Å²) in [5.41, 5.74) is 1.48. The zero-order valence-electron chi connectivity index (χ0n) is 19.4. The SMILES string of the molecule is CC(=O)C1(c2ccccc2)CCN(C(=O)C(c2ccccc2)n2ccc3[nH][nH]c(=O)c3c2=S)CC1. The summed E-state index contributed by atoms with van der Waals surface area (Å²) >= 11 is 5.67. The van der Waals surface area contributed by atoms with E-state index in [-0.39, 0.29) is 17.2 Å². The van der Waals surface area contributed by atoms with Gasteiger partial charge in [0, 0.05) is 19.3 Å². The highest BCUT2D eigenvalue weighted by molar-refractivity contribution is 7.71. The van der Waals surface area contributed by atoms with Crippen LogP contribution in [-0.2, 0) is 15.0 Å². The number of aromatic nitrogens is 3. The number of nitrogens with zero attached hydrogens (tertiary/aromatic N) is 2. The standard InChI is InChI=1S/C27H26N4O3S/c1-18(32)27(20-10-6-3-7-11-20)13-16-30(17-14-27)25(34)23(19-8-4-2-5-9-19)31-15-12-21-22(26(31)35)24(33)29-28-21/h2-12,15,23H,13-14,16-17H2,1H3,(H2,28,29,33). The number of nitrogens with one attached hydrogen (secondary N) is 2. The van der Waals surface area contributed by atoms with Gasteiger partial charge in [-0.1, -0.05) is 72.9 Å². The Hall–Kier alpha value is -3.78. The molecule has 1 amide bonds. The third-order valence-corrected chi connectivity index (χ3v) is 7.63. The number of H-pyrrole nitrogens is 2. The Morgan fingerprint density at radius 3 is 2.20 bits per heavy atom. The Morgan fingerprint density at radius 1 is 0.943 bits per heavy atom. The lowest BCUT2D eigenvalue weighted by Gasteiger charge is -2.41. The number of hydrogen-bond donors (Lipinski definition) is 2. The summed E-state index contributed by atoms with van der Waals surface area (Å²) in [6.45, 7) is 2.55. The van der Waals surface area contributed by atoms with Crippen molar-refractivity contribution < 1.29 is 9.59 Å². The molecule has 0 radical (unpaired) electrons. The first-order chi connectivity index (χ1) is 16.9. The maximum absolute atomic E-state index is 14.0. The molecule has 8 heteroatoms. The monoisotopic (exact) mass is 486 g/mol. The molecular weight excluding hydrogens is 460 g/mol. The van der Waals surface area contributed by atoms with Gasteiger partial charge in [-0.3, -0.25) is 24.6 Å². The van der Waals surface area contributed by atoms with Crippen LogP contribution in [0.2, 0.25) is 0 Å². The van der Waals surface area contributed by atoms with Crippen molar-refractivity contribution in [3.05, 3.63) is 99.0 Å². The molecule has 1 aliphatic rings. The van der Waals surface area contributed by atoms with E-state index in [0.29, 0.717) is 41.5 Å². The molecular formula is C27H26N4O3S. The van der Waals surface area contributed by atoms with E-state index in [1.807, 2.05) is 65.6 Å². The highest BCUT2D eigenvalue weighted by Gasteiger charge is 2.42. The van der Waals surface area contributed by atoms with Crippen LogP contribution in [0.4, 0.5) is 0 Å². The number of ketones is 1. The van der Waals surface area contributed by atoms with Gasteiger partial charge in [-0.25, -0.2) is 0 Å². The lowest BCUT2D eigenvalue weighted by Crippen LogP contribution is -2.50. The fourth-order valence-electron chi connectivity index (χ4n) is 5.20. The van der Waals surface area contributed by atoms with Crippen molar-refractivity contribution in [2.45, 2.75) is 31.2 Å². The molecule has 4 aromatic rings. The number of fused-ring (bicyclic) bond motifs is 1. The van der Waals surface area contributed by atoms with Crippen LogP contribution in [0.1, 0.15) is 36.9 Å². The number of carbonyl (C=O) groups excluding carboxylic acids is 2. The Morgan fingerprint density at radius 2 is 1.57 bits per heavy atom. The number of likely N-dealkylation sites (tertiary alicyclic amines) is 1. The Balaban J connectivity index is 1.51. The van der Waals surface area contributed by atoms with Gasteiger partial charge < -0.3 is 9.47 Å². The second-order valence-corrected chi connectivity index (χ2v) is 9.43. The summed E-state index contributed by atoms with van der Waals surface area (Å²) in [6.07, 6.45) is 2.86. The number of hydrogen-bond acceptors (Lipinski definition) is 4. The van der Waals surface area contributed by atoms with Crippen LogP contribution < -0.4 is 5.56 Å². The molecule has 0 bridgehead atoms. The van der Waals surface area contributed by atoms with Gasteiger partial charge in [0.1, 0.15) is 21.9 Å². The summed E-state index contributed by atoms with van der Waals surface area (Å²) in [7, 11) is 0. The van der Waals surface area contributed by atoms with Crippen LogP contribution in [0.25, 0.3) is 10.9 Å². The molecule has 2 aromatic carbocycles. The van der Waals surface area contributed by atoms with Gasteiger partial charge in [-0.05, 0) is 37.0 Å². The Kier molecular flexibility index (Phi) is 5.98. The van der Waals surface area contributed by atoms with Gasteiger partial charge in [-0.2, -0.15) is 0 Å². The van der Waals surface area contributed by atoms with Crippen molar-refractivity contribution in [2.75, 3.05) is 13.1 Å². The quantitative estimate of drug-likeness (QED) is 0.415. The lowest BCUT2D eigenvalue weighted by molar-refractivity contribution is -0.137. The van der Waals surface area contributed by atoms with E-state index in [1.165, 1.54) is 0 Å². The fourth-order valence-corrected chi connectivity index (χ4v) is 5.57. The van der Waals surface area contributed by atoms with E-state index in [2.05, 4.69) is 10.2 Å². The van der Waals surface area contributed by atoms with Crippen molar-refractivity contribution in [1.82, 2.24) is 19.7 Å². The van der Waals surface area contributed by atoms with Crippen molar-refractivity contribution in [3.63, 3.8) is 0 Å². The largest absolute Gasteiger partial charge is 0.341 e. The van der Waals surface area contributed by atoms with Gasteiger partial charge >= 0.3 is 0 Å². The molecule has 1 atom stereocenters. The molecule has 0 aliphatic carbocycles. The third-order valence-electron chi connectivity index (χ3n) is 7.21. The average molecular weight is 487 g/mol. The highest BCUT2D eigenvalue weighted by atomic mass is 32.1. The van der Waals surface area contributed by atoms with E-state index in [9.17, 15) is 14.4 Å². The maximum atomic E-state index is 14.0. The predicted octanol–water partition coefficient (Wildman–Crippen LogP) is 4.13. The molecule has 3 heterocycles. The summed E-state index contributed by atoms with van der Waals surface area (Å²) in [5.74, 6) is 0.0126. The van der Waals surface area contributed by atoms with Crippen LogP contribution >= 0.6 is 12.2 Å². The minimum Gasteiger partial charge on any atom is -0.341 e. The normalized spacial score (nSPS) is 16.2. The topological polar surface area (TPSA) is 91.0 Å². The van der Waals surface area contributed by atoms with Crippen molar-refractivity contribution in [3.8, 4) is 0 Å². The Bertz CT molecular complexity index is 1500. The number of rotatable bonds is 5. The molecule has 1 aliphatic heterocycles. The highest BCUT2D eigenvalue weighted by Crippen LogP contribution is 2.37. The number of pyridine rings is 1. The first kappa shape index (κ1) is 23.0. The van der Waals surface area contributed by atoms with Gasteiger partial charge in [0.15, 0.2) is 0 Å². The molecule has 2 aromatic heterocycles. The molecule has 0 saturated carbocycles. The van der Waals surface area contributed by atoms with Crippen molar-refractivity contribution in [1.29, 1.82) is 0 Å². The van der Waals surface area contributed by atoms with Crippen LogP contribution in [0.5, 0.6) is 0 Å². The predicted molar refractivity (Wildman–Crippen MR) is 137 cm³/mol. The van der Waals surface area contributed by atoms with Crippen molar-refractivity contribution in [2.24, 2.45) is 0 Å². The average Bonchev–Trinajstić information content (AvgIpc) is 3.28. The minimum absolute atomic E-state index is 0.108. The number of aromatic amines is 2. The fraction of sp³-hybridized carbons (Fsp3) is 0.259.